The van der Waals surface area contributed by atoms with Gasteiger partial charge in [-0.2, -0.15) is 0 Å². The molecule has 7 heteroatoms. The zero-order valence-corrected chi connectivity index (χ0v) is 11.5. The normalized spacial score (nSPS) is 10.6. The number of benzene rings is 1. The highest BCUT2D eigenvalue weighted by Crippen LogP contribution is 2.26. The summed E-state index contributed by atoms with van der Waals surface area (Å²) in [6.45, 7) is 2.28. The maximum absolute atomic E-state index is 13.7. The van der Waals surface area contributed by atoms with Gasteiger partial charge in [-0.25, -0.2) is 8.78 Å². The lowest BCUT2D eigenvalue weighted by molar-refractivity contribution is -0.385. The van der Waals surface area contributed by atoms with E-state index in [0.717, 1.165) is 16.9 Å². The molecule has 0 amide bonds. The molecule has 20 heavy (non-hydrogen) atoms. The molecule has 0 atom stereocenters. The summed E-state index contributed by atoms with van der Waals surface area (Å²) in [6.07, 6.45) is 0.839. The Balaban J connectivity index is 2.20. The lowest BCUT2D eigenvalue weighted by Crippen LogP contribution is -2.05. The van der Waals surface area contributed by atoms with E-state index in [9.17, 15) is 18.9 Å². The molecular formula is C13H12F2N2O2S. The molecule has 0 radical (unpaired) electrons. The van der Waals surface area contributed by atoms with E-state index in [2.05, 4.69) is 5.32 Å². The number of rotatable bonds is 5. The van der Waals surface area contributed by atoms with E-state index in [1.165, 1.54) is 11.3 Å². The average Bonchev–Trinajstić information content (AvgIpc) is 2.84. The number of nitrogens with one attached hydrogen (secondary N) is 1. The molecule has 0 spiro atoms. The first-order chi connectivity index (χ1) is 9.52. The molecule has 2 rings (SSSR count). The lowest BCUT2D eigenvalue weighted by atomic mass is 10.2. The van der Waals surface area contributed by atoms with Gasteiger partial charge in [-0.05, 0) is 23.4 Å². The molecule has 0 fully saturated rings. The Morgan fingerprint density at radius 1 is 1.35 bits per heavy atom. The first kappa shape index (κ1) is 14.4. The number of hydrogen-bond acceptors (Lipinski definition) is 4. The van der Waals surface area contributed by atoms with Gasteiger partial charge in [0.05, 0.1) is 17.1 Å². The molecule has 0 saturated heterocycles. The monoisotopic (exact) mass is 298 g/mol. The van der Waals surface area contributed by atoms with Crippen molar-refractivity contribution in [3.63, 3.8) is 0 Å². The highest BCUT2D eigenvalue weighted by Gasteiger charge is 2.17. The predicted octanol–water partition coefficient (Wildman–Crippen LogP) is 4.11. The molecular weight excluding hydrogens is 286 g/mol. The molecule has 2 aromatic rings. The predicted molar refractivity (Wildman–Crippen MR) is 74.0 cm³/mol. The van der Waals surface area contributed by atoms with E-state index in [4.69, 9.17) is 0 Å². The minimum absolute atomic E-state index is 0.284. The summed E-state index contributed by atoms with van der Waals surface area (Å²) in [5, 5.41) is 15.1. The van der Waals surface area contributed by atoms with Gasteiger partial charge in [0.15, 0.2) is 11.6 Å². The van der Waals surface area contributed by atoms with E-state index in [-0.39, 0.29) is 12.2 Å². The van der Waals surface area contributed by atoms with Crippen LogP contribution in [0.2, 0.25) is 0 Å². The molecule has 0 saturated carbocycles. The van der Waals surface area contributed by atoms with Gasteiger partial charge in [0.25, 0.3) is 5.69 Å². The largest absolute Gasteiger partial charge is 0.375 e. The number of non-ortho nitro benzene ring substituents is 1. The van der Waals surface area contributed by atoms with Crippen LogP contribution in [-0.4, -0.2) is 4.92 Å². The molecule has 1 aromatic carbocycles. The number of nitro benzene ring substituents is 1. The van der Waals surface area contributed by atoms with E-state index < -0.39 is 22.2 Å². The summed E-state index contributed by atoms with van der Waals surface area (Å²) < 4.78 is 27.4. The number of thiophene rings is 1. The Kier molecular flexibility index (Phi) is 4.29. The van der Waals surface area contributed by atoms with Crippen molar-refractivity contribution >= 4 is 22.7 Å². The third kappa shape index (κ3) is 2.93. The Bertz CT molecular complexity index is 620. The van der Waals surface area contributed by atoms with Gasteiger partial charge in [-0.3, -0.25) is 10.1 Å². The molecule has 0 aliphatic rings. The quantitative estimate of drug-likeness (QED) is 0.667. The SMILES string of the molecule is CCc1ccsc1CNc1c(F)cc([N+](=O)[O-])cc1F. The molecule has 106 valence electrons. The van der Waals surface area contributed by atoms with Gasteiger partial charge in [-0.1, -0.05) is 6.92 Å². The topological polar surface area (TPSA) is 55.2 Å². The second-order valence-electron chi connectivity index (χ2n) is 4.12. The first-order valence-corrected chi connectivity index (χ1v) is 6.83. The van der Waals surface area contributed by atoms with Crippen LogP contribution in [0.15, 0.2) is 23.6 Å². The molecule has 0 aliphatic heterocycles. The van der Waals surface area contributed by atoms with Crippen LogP contribution in [0, 0.1) is 21.7 Å². The standard InChI is InChI=1S/C13H12F2N2O2S/c1-2-8-3-4-20-12(8)7-16-13-10(14)5-9(17(18)19)6-11(13)15/h3-6,16H,2,7H2,1H3. The van der Waals surface area contributed by atoms with Crippen LogP contribution in [0.25, 0.3) is 0 Å². The number of anilines is 1. The minimum Gasteiger partial charge on any atom is -0.375 e. The van der Waals surface area contributed by atoms with Crippen molar-refractivity contribution in [2.75, 3.05) is 5.32 Å². The van der Waals surface area contributed by atoms with Gasteiger partial charge in [0.1, 0.15) is 5.69 Å². The van der Waals surface area contributed by atoms with Gasteiger partial charge in [0, 0.05) is 11.4 Å². The van der Waals surface area contributed by atoms with Gasteiger partial charge in [-0.15, -0.1) is 11.3 Å². The summed E-state index contributed by atoms with van der Waals surface area (Å²) in [5.41, 5.74) is 0.173. The summed E-state index contributed by atoms with van der Waals surface area (Å²) >= 11 is 1.50. The van der Waals surface area contributed by atoms with E-state index in [1.807, 2.05) is 18.4 Å². The zero-order valence-electron chi connectivity index (χ0n) is 10.7. The van der Waals surface area contributed by atoms with Crippen molar-refractivity contribution in [1.29, 1.82) is 0 Å². The molecule has 1 aromatic heterocycles. The van der Waals surface area contributed by atoms with Crippen LogP contribution in [0.3, 0.4) is 0 Å². The van der Waals surface area contributed by atoms with Crippen LogP contribution in [0.4, 0.5) is 20.2 Å². The maximum atomic E-state index is 13.7. The van der Waals surface area contributed by atoms with Crippen molar-refractivity contribution in [3.05, 3.63) is 55.8 Å². The summed E-state index contributed by atoms with van der Waals surface area (Å²) in [5.74, 6) is -1.93. The fourth-order valence-corrected chi connectivity index (χ4v) is 2.76. The Hall–Kier alpha value is -2.02. The number of halogens is 2. The third-order valence-corrected chi connectivity index (χ3v) is 3.85. The fourth-order valence-electron chi connectivity index (χ4n) is 1.84. The van der Waals surface area contributed by atoms with Crippen LogP contribution in [0.1, 0.15) is 17.4 Å². The second-order valence-corrected chi connectivity index (χ2v) is 5.12. The van der Waals surface area contributed by atoms with Gasteiger partial charge < -0.3 is 5.32 Å². The lowest BCUT2D eigenvalue weighted by Gasteiger charge is -2.09. The summed E-state index contributed by atoms with van der Waals surface area (Å²) in [4.78, 5) is 10.7. The average molecular weight is 298 g/mol. The molecule has 0 bridgehead atoms. The molecule has 0 unspecified atom stereocenters. The third-order valence-electron chi connectivity index (χ3n) is 2.88. The van der Waals surface area contributed by atoms with Crippen LogP contribution in [-0.2, 0) is 13.0 Å². The Labute approximate surface area is 118 Å². The van der Waals surface area contributed by atoms with E-state index in [0.29, 0.717) is 12.1 Å². The highest BCUT2D eigenvalue weighted by molar-refractivity contribution is 7.10. The summed E-state index contributed by atoms with van der Waals surface area (Å²) in [7, 11) is 0. The fraction of sp³-hybridized carbons (Fsp3) is 0.231. The Morgan fingerprint density at radius 2 is 2.00 bits per heavy atom. The van der Waals surface area contributed by atoms with Crippen molar-refractivity contribution < 1.29 is 13.7 Å². The van der Waals surface area contributed by atoms with Crippen molar-refractivity contribution in [2.24, 2.45) is 0 Å². The maximum Gasteiger partial charge on any atom is 0.275 e. The second kappa shape index (κ2) is 5.96. The molecule has 0 aliphatic carbocycles. The highest BCUT2D eigenvalue weighted by atomic mass is 32.1. The number of hydrogen-bond donors (Lipinski definition) is 1. The van der Waals surface area contributed by atoms with Crippen molar-refractivity contribution in [3.8, 4) is 0 Å². The number of nitro groups is 1. The van der Waals surface area contributed by atoms with Crippen LogP contribution < -0.4 is 5.32 Å². The first-order valence-electron chi connectivity index (χ1n) is 5.95. The zero-order chi connectivity index (χ0) is 14.7. The van der Waals surface area contributed by atoms with Crippen molar-refractivity contribution in [1.82, 2.24) is 0 Å². The van der Waals surface area contributed by atoms with Crippen LogP contribution >= 0.6 is 11.3 Å². The van der Waals surface area contributed by atoms with E-state index >= 15 is 0 Å². The molecule has 4 nitrogen and oxygen atoms in total. The number of nitrogens with zero attached hydrogens (tertiary/aromatic N) is 1. The van der Waals surface area contributed by atoms with E-state index in [1.54, 1.807) is 0 Å². The van der Waals surface area contributed by atoms with Crippen molar-refractivity contribution in [2.45, 2.75) is 19.9 Å². The Morgan fingerprint density at radius 3 is 2.55 bits per heavy atom. The minimum atomic E-state index is -0.966. The smallest absolute Gasteiger partial charge is 0.275 e. The number of aryl methyl sites for hydroxylation is 1. The summed E-state index contributed by atoms with van der Waals surface area (Å²) in [6, 6.07) is 3.38. The molecule has 1 heterocycles. The van der Waals surface area contributed by atoms with Gasteiger partial charge >= 0.3 is 0 Å². The van der Waals surface area contributed by atoms with Crippen LogP contribution in [0.5, 0.6) is 0 Å². The molecule has 1 N–H and O–H groups in total. The van der Waals surface area contributed by atoms with Gasteiger partial charge in [0.2, 0.25) is 0 Å².